The van der Waals surface area contributed by atoms with E-state index in [1.165, 1.54) is 0 Å². The minimum Gasteiger partial charge on any atom is -0.394 e. The van der Waals surface area contributed by atoms with E-state index in [1.54, 1.807) is 24.3 Å². The number of hydrogen-bond acceptors (Lipinski definition) is 4. The zero-order chi connectivity index (χ0) is 11.1. The molecule has 0 aliphatic rings. The van der Waals surface area contributed by atoms with E-state index >= 15 is 0 Å². The molecular weight excluding hydrogens is 212 g/mol. The number of aliphatic hydroxyl groups excluding tert-OH is 1. The number of amidine groups is 1. The Labute approximate surface area is 92.2 Å². The number of aliphatic hydroxyl groups is 1. The Hall–Kier alpha value is -1.33. The van der Waals surface area contributed by atoms with Crippen molar-refractivity contribution in [3.8, 4) is 0 Å². The van der Waals surface area contributed by atoms with Gasteiger partial charge < -0.3 is 10.8 Å². The van der Waals surface area contributed by atoms with Crippen LogP contribution in [0.25, 0.3) is 0 Å². The van der Waals surface area contributed by atoms with E-state index in [-0.39, 0.29) is 23.4 Å². The molecule has 4 nitrogen and oxygen atoms in total. The molecule has 0 bridgehead atoms. The molecule has 3 N–H and O–H groups in total. The normalized spacial score (nSPS) is 11.4. The van der Waals surface area contributed by atoms with E-state index in [2.05, 4.69) is 4.99 Å². The lowest BCUT2D eigenvalue weighted by molar-refractivity contribution is 0.109. The molecule has 1 rings (SSSR count). The van der Waals surface area contributed by atoms with Crippen LogP contribution in [-0.4, -0.2) is 28.5 Å². The summed E-state index contributed by atoms with van der Waals surface area (Å²) in [4.78, 5) is 15.4. The summed E-state index contributed by atoms with van der Waals surface area (Å²) >= 11 is 0.870. The van der Waals surface area contributed by atoms with E-state index in [0.717, 1.165) is 11.8 Å². The summed E-state index contributed by atoms with van der Waals surface area (Å²) in [6.45, 7) is 0.154. The average Bonchev–Trinajstić information content (AvgIpc) is 2.27. The van der Waals surface area contributed by atoms with Gasteiger partial charge in [0.05, 0.1) is 13.2 Å². The SMILES string of the molecule is NC(=NCCO)SC(=O)c1ccccc1. The number of thioether (sulfide) groups is 1. The van der Waals surface area contributed by atoms with Crippen molar-refractivity contribution in [1.29, 1.82) is 0 Å². The van der Waals surface area contributed by atoms with Crippen LogP contribution in [0.2, 0.25) is 0 Å². The zero-order valence-corrected chi connectivity index (χ0v) is 8.91. The highest BCUT2D eigenvalue weighted by Gasteiger charge is 2.07. The van der Waals surface area contributed by atoms with Crippen molar-refractivity contribution < 1.29 is 9.90 Å². The molecule has 0 aliphatic heterocycles. The molecule has 0 aromatic heterocycles. The number of nitrogens with two attached hydrogens (primary N) is 1. The second-order valence-electron chi connectivity index (χ2n) is 2.70. The number of rotatable bonds is 3. The van der Waals surface area contributed by atoms with Gasteiger partial charge in [-0.05, 0) is 11.8 Å². The first-order valence-electron chi connectivity index (χ1n) is 4.42. The lowest BCUT2D eigenvalue weighted by Gasteiger charge is -1.99. The molecule has 0 spiro atoms. The topological polar surface area (TPSA) is 75.7 Å². The maximum atomic E-state index is 11.6. The molecule has 80 valence electrons. The molecule has 0 fully saturated rings. The zero-order valence-electron chi connectivity index (χ0n) is 8.09. The molecule has 0 amide bonds. The van der Waals surface area contributed by atoms with Crippen molar-refractivity contribution in [2.75, 3.05) is 13.2 Å². The number of carbonyl (C=O) groups is 1. The van der Waals surface area contributed by atoms with Gasteiger partial charge in [-0.15, -0.1) is 0 Å². The Morgan fingerprint density at radius 1 is 1.40 bits per heavy atom. The highest BCUT2D eigenvalue weighted by atomic mass is 32.2. The van der Waals surface area contributed by atoms with E-state index in [9.17, 15) is 4.79 Å². The number of nitrogens with zero attached hydrogens (tertiary/aromatic N) is 1. The summed E-state index contributed by atoms with van der Waals surface area (Å²) in [5.74, 6) is 0. The minimum absolute atomic E-state index is 0.0687. The van der Waals surface area contributed by atoms with Crippen molar-refractivity contribution in [1.82, 2.24) is 0 Å². The maximum absolute atomic E-state index is 11.6. The molecule has 0 saturated heterocycles. The standard InChI is InChI=1S/C10H12N2O2S/c11-10(12-6-7-13)15-9(14)8-4-2-1-3-5-8/h1-5,13H,6-7H2,(H2,11,12). The van der Waals surface area contributed by atoms with Gasteiger partial charge in [-0.3, -0.25) is 9.79 Å². The van der Waals surface area contributed by atoms with Gasteiger partial charge in [0.2, 0.25) is 5.12 Å². The van der Waals surface area contributed by atoms with Crippen LogP contribution in [-0.2, 0) is 0 Å². The molecule has 0 heterocycles. The van der Waals surface area contributed by atoms with Gasteiger partial charge in [-0.1, -0.05) is 30.3 Å². The van der Waals surface area contributed by atoms with Gasteiger partial charge in [-0.2, -0.15) is 0 Å². The summed E-state index contributed by atoms with van der Waals surface area (Å²) in [7, 11) is 0. The average molecular weight is 224 g/mol. The van der Waals surface area contributed by atoms with Crippen molar-refractivity contribution in [3.05, 3.63) is 35.9 Å². The number of hydrogen-bond donors (Lipinski definition) is 2. The monoisotopic (exact) mass is 224 g/mol. The number of carbonyl (C=O) groups excluding carboxylic acids is 1. The molecule has 5 heteroatoms. The van der Waals surface area contributed by atoms with Gasteiger partial charge in [0, 0.05) is 5.56 Å². The summed E-state index contributed by atoms with van der Waals surface area (Å²) < 4.78 is 0. The minimum atomic E-state index is -0.144. The fourth-order valence-corrected chi connectivity index (χ4v) is 1.52. The van der Waals surface area contributed by atoms with E-state index < -0.39 is 0 Å². The lowest BCUT2D eigenvalue weighted by atomic mass is 10.2. The van der Waals surface area contributed by atoms with Crippen LogP contribution in [0.3, 0.4) is 0 Å². The Morgan fingerprint density at radius 2 is 2.07 bits per heavy atom. The molecule has 0 unspecified atom stereocenters. The molecular formula is C10H12N2O2S. The van der Waals surface area contributed by atoms with Crippen LogP contribution in [0, 0.1) is 0 Å². The highest BCUT2D eigenvalue weighted by Crippen LogP contribution is 2.11. The van der Waals surface area contributed by atoms with Gasteiger partial charge in [0.25, 0.3) is 0 Å². The van der Waals surface area contributed by atoms with Crippen molar-refractivity contribution in [2.45, 2.75) is 0 Å². The maximum Gasteiger partial charge on any atom is 0.226 e. The quantitative estimate of drug-likeness (QED) is 0.590. The third-order valence-electron chi connectivity index (χ3n) is 1.57. The Morgan fingerprint density at radius 3 is 2.67 bits per heavy atom. The highest BCUT2D eigenvalue weighted by molar-refractivity contribution is 8.26. The summed E-state index contributed by atoms with van der Waals surface area (Å²) in [5, 5.41) is 8.54. The molecule has 1 aromatic rings. The molecule has 15 heavy (non-hydrogen) atoms. The van der Waals surface area contributed by atoms with Crippen LogP contribution in [0.4, 0.5) is 0 Å². The Kier molecular flexibility index (Phi) is 4.86. The van der Waals surface area contributed by atoms with Crippen LogP contribution >= 0.6 is 11.8 Å². The third kappa shape index (κ3) is 4.14. The van der Waals surface area contributed by atoms with Gasteiger partial charge in [0.1, 0.15) is 0 Å². The molecule has 1 aromatic carbocycles. The lowest BCUT2D eigenvalue weighted by Crippen LogP contribution is -2.11. The summed E-state index contributed by atoms with van der Waals surface area (Å²) in [6.07, 6.45) is 0. The second-order valence-corrected chi connectivity index (χ2v) is 3.69. The fraction of sp³-hybridized carbons (Fsp3) is 0.200. The van der Waals surface area contributed by atoms with Crippen molar-refractivity contribution >= 4 is 22.0 Å². The Balaban J connectivity index is 2.57. The van der Waals surface area contributed by atoms with Crippen LogP contribution < -0.4 is 5.73 Å². The first-order chi connectivity index (χ1) is 7.24. The molecule has 0 atom stereocenters. The van der Waals surface area contributed by atoms with E-state index in [0.29, 0.717) is 5.56 Å². The first-order valence-corrected chi connectivity index (χ1v) is 5.23. The first kappa shape index (κ1) is 11.7. The van der Waals surface area contributed by atoms with Crippen LogP contribution in [0.5, 0.6) is 0 Å². The molecule has 0 radical (unpaired) electrons. The predicted molar refractivity (Wildman–Crippen MR) is 61.9 cm³/mol. The largest absolute Gasteiger partial charge is 0.394 e. The summed E-state index contributed by atoms with van der Waals surface area (Å²) in [5.41, 5.74) is 6.07. The van der Waals surface area contributed by atoms with E-state index in [4.69, 9.17) is 10.8 Å². The molecule has 0 saturated carbocycles. The van der Waals surface area contributed by atoms with Crippen molar-refractivity contribution in [3.63, 3.8) is 0 Å². The number of benzene rings is 1. The second kappa shape index (κ2) is 6.21. The predicted octanol–water partition coefficient (Wildman–Crippen LogP) is 0.867. The third-order valence-corrected chi connectivity index (χ3v) is 2.33. The smallest absolute Gasteiger partial charge is 0.226 e. The van der Waals surface area contributed by atoms with E-state index in [1.807, 2.05) is 6.07 Å². The van der Waals surface area contributed by atoms with Gasteiger partial charge >= 0.3 is 0 Å². The van der Waals surface area contributed by atoms with Crippen LogP contribution in [0.15, 0.2) is 35.3 Å². The molecule has 0 aliphatic carbocycles. The van der Waals surface area contributed by atoms with Crippen LogP contribution in [0.1, 0.15) is 10.4 Å². The number of aliphatic imine (C=N–C) groups is 1. The summed E-state index contributed by atoms with van der Waals surface area (Å²) in [6, 6.07) is 8.84. The van der Waals surface area contributed by atoms with Gasteiger partial charge in [-0.25, -0.2) is 0 Å². The van der Waals surface area contributed by atoms with Crippen molar-refractivity contribution in [2.24, 2.45) is 10.7 Å². The fourth-order valence-electron chi connectivity index (χ4n) is 0.921. The Bertz CT molecular complexity index is 352. The van der Waals surface area contributed by atoms with Gasteiger partial charge in [0.15, 0.2) is 5.17 Å².